The summed E-state index contributed by atoms with van der Waals surface area (Å²) in [5, 5.41) is 13.4. The Hall–Kier alpha value is -2.16. The van der Waals surface area contributed by atoms with Gasteiger partial charge in [-0.25, -0.2) is 0 Å². The quantitative estimate of drug-likeness (QED) is 0.442. The topological polar surface area (TPSA) is 142 Å². The van der Waals surface area contributed by atoms with Crippen LogP contribution in [0, 0.1) is 5.92 Å². The van der Waals surface area contributed by atoms with Crippen LogP contribution >= 0.6 is 0 Å². The summed E-state index contributed by atoms with van der Waals surface area (Å²) in [6, 6.07) is -2.33. The Balaban J connectivity index is 2.55. The minimum Gasteiger partial charge on any atom is -0.480 e. The maximum atomic E-state index is 12.4. The number of carboxylic acid groups (broad SMARTS) is 1. The highest BCUT2D eigenvalue weighted by Crippen LogP contribution is 2.19. The van der Waals surface area contributed by atoms with Crippen LogP contribution in [0.1, 0.15) is 40.0 Å². The minimum atomic E-state index is -1.16. The van der Waals surface area contributed by atoms with Crippen LogP contribution in [0.15, 0.2) is 0 Å². The summed E-state index contributed by atoms with van der Waals surface area (Å²) < 4.78 is 0. The van der Waals surface area contributed by atoms with Crippen LogP contribution < -0.4 is 16.4 Å². The second-order valence-corrected chi connectivity index (χ2v) is 6.77. The van der Waals surface area contributed by atoms with Gasteiger partial charge in [-0.3, -0.25) is 19.2 Å². The maximum Gasteiger partial charge on any atom is 0.325 e. The monoisotopic (exact) mass is 356 g/mol. The highest BCUT2D eigenvalue weighted by Gasteiger charge is 2.36. The smallest absolute Gasteiger partial charge is 0.325 e. The van der Waals surface area contributed by atoms with Crippen molar-refractivity contribution >= 4 is 23.7 Å². The fourth-order valence-electron chi connectivity index (χ4n) is 2.76. The molecule has 0 aromatic carbocycles. The molecular weight excluding hydrogens is 328 g/mol. The van der Waals surface area contributed by atoms with Gasteiger partial charge < -0.3 is 26.4 Å². The first kappa shape index (κ1) is 20.9. The predicted molar refractivity (Wildman–Crippen MR) is 90.4 cm³/mol. The number of hydrogen-bond acceptors (Lipinski definition) is 5. The number of likely N-dealkylation sites (tertiary alicyclic amines) is 1. The molecule has 0 bridgehead atoms. The van der Waals surface area contributed by atoms with Crippen LogP contribution in [-0.4, -0.2) is 64.9 Å². The zero-order valence-electron chi connectivity index (χ0n) is 14.9. The number of carboxylic acids is 1. The second kappa shape index (κ2) is 9.36. The predicted octanol–water partition coefficient (Wildman–Crippen LogP) is -0.944. The van der Waals surface area contributed by atoms with E-state index in [-0.39, 0.29) is 18.4 Å². The van der Waals surface area contributed by atoms with Gasteiger partial charge in [0, 0.05) is 6.54 Å². The molecule has 25 heavy (non-hydrogen) atoms. The Labute approximate surface area is 147 Å². The van der Waals surface area contributed by atoms with Gasteiger partial charge in [0.25, 0.3) is 0 Å². The molecule has 1 aliphatic rings. The number of nitrogens with one attached hydrogen (secondary N) is 2. The van der Waals surface area contributed by atoms with E-state index in [2.05, 4.69) is 10.6 Å². The molecule has 3 unspecified atom stereocenters. The lowest BCUT2D eigenvalue weighted by Crippen LogP contribution is -2.53. The van der Waals surface area contributed by atoms with Gasteiger partial charge in [-0.2, -0.15) is 0 Å². The van der Waals surface area contributed by atoms with Crippen molar-refractivity contribution in [2.45, 2.75) is 58.2 Å². The molecule has 5 N–H and O–H groups in total. The average Bonchev–Trinajstić information content (AvgIpc) is 3.00. The van der Waals surface area contributed by atoms with Gasteiger partial charge in [0.1, 0.15) is 12.1 Å². The van der Waals surface area contributed by atoms with Crippen molar-refractivity contribution in [2.24, 2.45) is 11.7 Å². The third-order valence-electron chi connectivity index (χ3n) is 4.05. The van der Waals surface area contributed by atoms with Gasteiger partial charge >= 0.3 is 5.97 Å². The van der Waals surface area contributed by atoms with E-state index in [0.29, 0.717) is 25.8 Å². The van der Waals surface area contributed by atoms with Gasteiger partial charge in [-0.05, 0) is 32.1 Å². The van der Waals surface area contributed by atoms with E-state index >= 15 is 0 Å². The van der Waals surface area contributed by atoms with Gasteiger partial charge in [0.15, 0.2) is 0 Å². The van der Waals surface area contributed by atoms with Crippen LogP contribution in [0.3, 0.4) is 0 Å². The van der Waals surface area contributed by atoms with E-state index in [1.807, 2.05) is 13.8 Å². The largest absolute Gasteiger partial charge is 0.480 e. The number of hydrogen-bond donors (Lipinski definition) is 4. The van der Waals surface area contributed by atoms with Gasteiger partial charge in [-0.15, -0.1) is 0 Å². The molecule has 0 saturated carbocycles. The third-order valence-corrected chi connectivity index (χ3v) is 4.05. The molecule has 0 aliphatic carbocycles. The zero-order chi connectivity index (χ0) is 19.1. The van der Waals surface area contributed by atoms with Crippen LogP contribution in [0.4, 0.5) is 0 Å². The number of carbonyl (C=O) groups excluding carboxylic acids is 3. The standard InChI is InChI=1S/C16H28N4O5/c1-9(2)7-11(17)15(23)20-6-4-5-12(20)14(22)18-8-13(21)19-10(3)16(24)25/h9-12H,4-8,17H2,1-3H3,(H,18,22)(H,19,21)(H,24,25). The van der Waals surface area contributed by atoms with Gasteiger partial charge in [0.05, 0.1) is 12.6 Å². The molecule has 1 aliphatic heterocycles. The summed E-state index contributed by atoms with van der Waals surface area (Å²) in [5.74, 6) is -2.17. The number of aliphatic carboxylic acids is 1. The maximum absolute atomic E-state index is 12.4. The van der Waals surface area contributed by atoms with E-state index in [9.17, 15) is 19.2 Å². The van der Waals surface area contributed by atoms with E-state index in [4.69, 9.17) is 10.8 Å². The van der Waals surface area contributed by atoms with Crippen LogP contribution in [-0.2, 0) is 19.2 Å². The van der Waals surface area contributed by atoms with E-state index in [0.717, 1.165) is 0 Å². The van der Waals surface area contributed by atoms with Crippen molar-refractivity contribution in [3.8, 4) is 0 Å². The van der Waals surface area contributed by atoms with Crippen LogP contribution in [0.2, 0.25) is 0 Å². The van der Waals surface area contributed by atoms with Gasteiger partial charge in [-0.1, -0.05) is 13.8 Å². The van der Waals surface area contributed by atoms with E-state index in [1.165, 1.54) is 11.8 Å². The molecule has 3 atom stereocenters. The highest BCUT2D eigenvalue weighted by atomic mass is 16.4. The Bertz CT molecular complexity index is 523. The summed E-state index contributed by atoms with van der Waals surface area (Å²) in [5.41, 5.74) is 5.92. The first-order valence-corrected chi connectivity index (χ1v) is 8.49. The Morgan fingerprint density at radius 1 is 1.24 bits per heavy atom. The van der Waals surface area contributed by atoms with Crippen molar-refractivity contribution in [2.75, 3.05) is 13.1 Å². The van der Waals surface area contributed by atoms with Crippen molar-refractivity contribution in [3.05, 3.63) is 0 Å². The van der Waals surface area contributed by atoms with Crippen molar-refractivity contribution in [3.63, 3.8) is 0 Å². The summed E-state index contributed by atoms with van der Waals surface area (Å²) >= 11 is 0. The first-order valence-electron chi connectivity index (χ1n) is 8.49. The zero-order valence-corrected chi connectivity index (χ0v) is 14.9. The lowest BCUT2D eigenvalue weighted by molar-refractivity contribution is -0.141. The molecule has 3 amide bonds. The van der Waals surface area contributed by atoms with E-state index < -0.39 is 35.9 Å². The molecule has 9 nitrogen and oxygen atoms in total. The van der Waals surface area contributed by atoms with Gasteiger partial charge in [0.2, 0.25) is 17.7 Å². The average molecular weight is 356 g/mol. The second-order valence-electron chi connectivity index (χ2n) is 6.77. The summed E-state index contributed by atoms with van der Waals surface area (Å²) in [7, 11) is 0. The molecule has 0 spiro atoms. The number of rotatable bonds is 8. The number of nitrogens with two attached hydrogens (primary N) is 1. The Morgan fingerprint density at radius 2 is 1.88 bits per heavy atom. The summed E-state index contributed by atoms with van der Waals surface area (Å²) in [6.45, 7) is 5.39. The summed E-state index contributed by atoms with van der Waals surface area (Å²) in [6.07, 6.45) is 1.75. The number of carbonyl (C=O) groups is 4. The third kappa shape index (κ3) is 6.33. The molecule has 0 aromatic rings. The molecule has 1 fully saturated rings. The molecule has 0 radical (unpaired) electrons. The lowest BCUT2D eigenvalue weighted by Gasteiger charge is -2.27. The fraction of sp³-hybridized carbons (Fsp3) is 0.750. The molecule has 0 aromatic heterocycles. The van der Waals surface area contributed by atoms with Crippen molar-refractivity contribution < 1.29 is 24.3 Å². The minimum absolute atomic E-state index is 0.254. The van der Waals surface area contributed by atoms with Crippen LogP contribution in [0.5, 0.6) is 0 Å². The van der Waals surface area contributed by atoms with Crippen molar-refractivity contribution in [1.29, 1.82) is 0 Å². The lowest BCUT2D eigenvalue weighted by atomic mass is 10.0. The molecule has 1 saturated heterocycles. The van der Waals surface area contributed by atoms with E-state index in [1.54, 1.807) is 0 Å². The Morgan fingerprint density at radius 3 is 2.44 bits per heavy atom. The fourth-order valence-corrected chi connectivity index (χ4v) is 2.76. The first-order chi connectivity index (χ1) is 11.6. The number of amides is 3. The summed E-state index contributed by atoms with van der Waals surface area (Å²) in [4.78, 5) is 48.5. The molecule has 9 heteroatoms. The molecule has 142 valence electrons. The normalized spacial score (nSPS) is 19.4. The van der Waals surface area contributed by atoms with Crippen LogP contribution in [0.25, 0.3) is 0 Å². The highest BCUT2D eigenvalue weighted by molar-refractivity contribution is 5.92. The SMILES string of the molecule is CC(C)CC(N)C(=O)N1CCCC1C(=O)NCC(=O)NC(C)C(=O)O. The molecular formula is C16H28N4O5. The van der Waals surface area contributed by atoms with Crippen molar-refractivity contribution in [1.82, 2.24) is 15.5 Å². The Kier molecular flexibility index (Phi) is 7.82. The molecule has 1 rings (SSSR count). The number of nitrogens with zero attached hydrogens (tertiary/aromatic N) is 1. The molecule has 1 heterocycles.